The fourth-order valence-electron chi connectivity index (χ4n) is 6.05. The number of nitrogens with one attached hydrogen (secondary N) is 1. The van der Waals surface area contributed by atoms with E-state index in [1.165, 1.54) is 0 Å². The molecule has 3 heterocycles. The van der Waals surface area contributed by atoms with Crippen LogP contribution < -0.4 is 45.7 Å². The molecule has 0 radical (unpaired) electrons. The largest absolute Gasteiger partial charge is 1.00 e. The normalized spacial score (nSPS) is 37.9. The second kappa shape index (κ2) is 22.3. The van der Waals surface area contributed by atoms with Crippen LogP contribution in [0.5, 0.6) is 0 Å². The van der Waals surface area contributed by atoms with Gasteiger partial charge in [0.15, 0.2) is 12.6 Å². The third kappa shape index (κ3) is 12.8. The van der Waals surface area contributed by atoms with Gasteiger partial charge in [-0.15, -0.1) is 0 Å². The molecule has 28 heteroatoms. The number of aliphatic hydroxyl groups is 9. The predicted molar refractivity (Wildman–Crippen MR) is 170 cm³/mol. The Morgan fingerprint density at radius 3 is 2.21 bits per heavy atom. The van der Waals surface area contributed by atoms with Crippen molar-refractivity contribution in [3.8, 4) is 0 Å². The van der Waals surface area contributed by atoms with Gasteiger partial charge in [0.05, 0.1) is 38.6 Å². The van der Waals surface area contributed by atoms with E-state index in [2.05, 4.69) is 14.5 Å². The SMILES string of the molecule is CC([O-])=N[C@H]1[C@H](OCCCN)O[C@H](COS(=O)(=O)O)[C@@H](O[C@@H]2O[C@H](CO)[C@H](O)[C@H](O[C@]3(C(=O)O)C[C@H](O)[C@@H](NC(=O)CO)[C@H]([C@H](O)[C@H](O)CO)O3)[C@H]2O)[C@@H]1O.[Na+]. The molecule has 3 rings (SSSR count). The molecule has 14 N–H and O–H groups in total. The van der Waals surface area contributed by atoms with Crippen LogP contribution in [0.25, 0.3) is 0 Å². The van der Waals surface area contributed by atoms with Crippen LogP contribution in [0.1, 0.15) is 19.8 Å². The Balaban J connectivity index is 0.0000108. The fourth-order valence-corrected chi connectivity index (χ4v) is 6.36. The number of nitrogens with zero attached hydrogens (tertiary/aromatic N) is 1. The number of nitrogens with two attached hydrogens (primary N) is 1. The maximum absolute atomic E-state index is 12.8. The number of aliphatic imine (C=N–C) groups is 1. The maximum Gasteiger partial charge on any atom is 1.00 e. The van der Waals surface area contributed by atoms with Crippen molar-refractivity contribution < 1.29 is 141 Å². The molecule has 0 aromatic heterocycles. The van der Waals surface area contributed by atoms with Crippen LogP contribution in [0, 0.1) is 0 Å². The molecule has 0 aromatic rings. The predicted octanol–water partition coefficient (Wildman–Crippen LogP) is -12.3. The van der Waals surface area contributed by atoms with E-state index < -0.39 is 159 Å². The monoisotopic (exact) mass is 849 g/mol. The summed E-state index contributed by atoms with van der Waals surface area (Å²) in [6.07, 6.45) is -27.5. The minimum Gasteiger partial charge on any atom is -0.862 e. The topological polar surface area (TPSA) is 429 Å². The first-order valence-corrected chi connectivity index (χ1v) is 18.0. The van der Waals surface area contributed by atoms with Crippen molar-refractivity contribution in [2.75, 3.05) is 39.6 Å². The Kier molecular flexibility index (Phi) is 20.2. The van der Waals surface area contributed by atoms with Crippen LogP contribution in [0.15, 0.2) is 4.99 Å². The summed E-state index contributed by atoms with van der Waals surface area (Å²) in [5.41, 5.74) is 5.48. The minimum atomic E-state index is -5.17. The summed E-state index contributed by atoms with van der Waals surface area (Å²) >= 11 is 0. The molecular formula is C28H48N3NaO23S. The van der Waals surface area contributed by atoms with E-state index in [1.807, 2.05) is 0 Å². The van der Waals surface area contributed by atoms with Crippen LogP contribution in [-0.2, 0) is 52.6 Å². The first kappa shape index (κ1) is 50.8. The van der Waals surface area contributed by atoms with Crippen molar-refractivity contribution in [2.45, 2.75) is 117 Å². The molecule has 0 aliphatic carbocycles. The van der Waals surface area contributed by atoms with Crippen molar-refractivity contribution in [1.82, 2.24) is 5.32 Å². The van der Waals surface area contributed by atoms with E-state index in [4.69, 9.17) is 34.2 Å². The zero-order chi connectivity index (χ0) is 41.4. The zero-order valence-electron chi connectivity index (χ0n) is 30.1. The smallest absolute Gasteiger partial charge is 0.862 e. The molecule has 0 spiro atoms. The summed E-state index contributed by atoms with van der Waals surface area (Å²) in [5.74, 6) is -7.26. The number of hydrogen-bond acceptors (Lipinski definition) is 23. The Morgan fingerprint density at radius 2 is 1.68 bits per heavy atom. The van der Waals surface area contributed by atoms with Gasteiger partial charge in [0.2, 0.25) is 5.91 Å². The third-order valence-electron chi connectivity index (χ3n) is 8.71. The summed E-state index contributed by atoms with van der Waals surface area (Å²) in [6, 6.07) is -3.37. The number of aliphatic carboxylic acids is 1. The first-order chi connectivity index (χ1) is 25.7. The summed E-state index contributed by atoms with van der Waals surface area (Å²) in [5, 5.41) is 119. The quantitative estimate of drug-likeness (QED) is 0.0189. The molecule has 320 valence electrons. The number of rotatable bonds is 19. The van der Waals surface area contributed by atoms with Crippen molar-refractivity contribution in [3.63, 3.8) is 0 Å². The van der Waals surface area contributed by atoms with Gasteiger partial charge in [-0.3, -0.25) is 14.3 Å². The molecule has 1 amide bonds. The second-order valence-corrected chi connectivity index (χ2v) is 13.8. The van der Waals surface area contributed by atoms with E-state index in [9.17, 15) is 78.7 Å². The van der Waals surface area contributed by atoms with Gasteiger partial charge in [0, 0.05) is 6.42 Å². The number of amides is 1. The van der Waals surface area contributed by atoms with Gasteiger partial charge in [0.1, 0.15) is 73.7 Å². The van der Waals surface area contributed by atoms with Gasteiger partial charge in [-0.2, -0.15) is 8.42 Å². The van der Waals surface area contributed by atoms with Crippen molar-refractivity contribution in [1.29, 1.82) is 0 Å². The third-order valence-corrected chi connectivity index (χ3v) is 9.14. The molecular weight excluding hydrogens is 801 g/mol. The standard InChI is InChI=1S/C28H49N3O23S.Na/c1-10(35)30-17-20(41)22(14(9-49-55(45,46)47)51-25(17)48-4-2-3-29)52-26-21(42)24(19(40)13(7-33)50-26)54-28(27(43)44)5-11(36)16(31-15(38)8-34)23(53-28)18(39)12(37)6-32;/h11-14,16-26,32-34,36-37,39-42H,2-9,29H2,1H3,(H,30,35)(H,31,38)(H,43,44)(H,45,46,47);/q;+1/p-1/t11-,12+,13+,14+,16+,17+,18+,19-,20+,21+,22+,23+,24-,25+,26-,28-;/m0./s1. The van der Waals surface area contributed by atoms with Crippen LogP contribution >= 0.6 is 0 Å². The van der Waals surface area contributed by atoms with E-state index in [0.717, 1.165) is 6.92 Å². The minimum absolute atomic E-state index is 0. The van der Waals surface area contributed by atoms with Gasteiger partial charge in [-0.05, 0) is 25.8 Å². The van der Waals surface area contributed by atoms with Gasteiger partial charge in [-0.25, -0.2) is 8.98 Å². The average molecular weight is 850 g/mol. The summed E-state index contributed by atoms with van der Waals surface area (Å²) in [6.45, 7) is -3.43. The van der Waals surface area contributed by atoms with Crippen LogP contribution in [-0.4, -0.2) is 219 Å². The number of carbonyl (C=O) groups excluding carboxylic acids is 1. The Bertz CT molecular complexity index is 1400. The molecule has 56 heavy (non-hydrogen) atoms. The molecule has 3 fully saturated rings. The molecule has 16 atom stereocenters. The number of hydrogen-bond donors (Lipinski definition) is 13. The number of carboxylic acids is 1. The molecule has 0 unspecified atom stereocenters. The molecule has 0 aromatic carbocycles. The average Bonchev–Trinajstić information content (AvgIpc) is 3.12. The Labute approximate surface area is 340 Å². The second-order valence-electron chi connectivity index (χ2n) is 12.7. The zero-order valence-corrected chi connectivity index (χ0v) is 32.9. The molecule has 0 bridgehead atoms. The van der Waals surface area contributed by atoms with Gasteiger partial charge in [-0.1, -0.05) is 0 Å². The maximum atomic E-state index is 12.8. The van der Waals surface area contributed by atoms with Crippen LogP contribution in [0.2, 0.25) is 0 Å². The van der Waals surface area contributed by atoms with Crippen LogP contribution in [0.4, 0.5) is 0 Å². The number of aliphatic hydroxyl groups excluding tert-OH is 9. The van der Waals surface area contributed by atoms with E-state index in [0.29, 0.717) is 0 Å². The van der Waals surface area contributed by atoms with Crippen molar-refractivity contribution >= 4 is 28.2 Å². The number of carbonyl (C=O) groups is 2. The summed E-state index contributed by atoms with van der Waals surface area (Å²) < 4.78 is 70.1. The Hall–Kier alpha value is -1.36. The molecule has 3 aliphatic rings. The van der Waals surface area contributed by atoms with Crippen LogP contribution in [0.3, 0.4) is 0 Å². The molecule has 3 aliphatic heterocycles. The van der Waals surface area contributed by atoms with E-state index in [-0.39, 0.29) is 49.1 Å². The number of ether oxygens (including phenoxy) is 6. The Morgan fingerprint density at radius 1 is 1.04 bits per heavy atom. The van der Waals surface area contributed by atoms with E-state index in [1.54, 1.807) is 0 Å². The summed E-state index contributed by atoms with van der Waals surface area (Å²) in [4.78, 5) is 28.5. The van der Waals surface area contributed by atoms with Gasteiger partial charge < -0.3 is 95.6 Å². The fraction of sp³-hybridized carbons (Fsp3) is 0.893. The molecule has 0 saturated carbocycles. The number of carboxylic acid groups (broad SMARTS) is 1. The van der Waals surface area contributed by atoms with Crippen molar-refractivity contribution in [2.24, 2.45) is 10.7 Å². The van der Waals surface area contributed by atoms with Gasteiger partial charge >= 0.3 is 45.9 Å². The summed E-state index contributed by atoms with van der Waals surface area (Å²) in [7, 11) is -5.17. The van der Waals surface area contributed by atoms with Crippen molar-refractivity contribution in [3.05, 3.63) is 0 Å². The van der Waals surface area contributed by atoms with E-state index >= 15 is 0 Å². The first-order valence-electron chi connectivity index (χ1n) is 16.6. The molecule has 3 saturated heterocycles. The molecule has 26 nitrogen and oxygen atoms in total. The van der Waals surface area contributed by atoms with Gasteiger partial charge in [0.25, 0.3) is 5.79 Å².